The molecule has 4 atom stereocenters. The summed E-state index contributed by atoms with van der Waals surface area (Å²) < 4.78 is 33.4. The van der Waals surface area contributed by atoms with E-state index in [0.717, 1.165) is 42.4 Å². The third-order valence-electron chi connectivity index (χ3n) is 8.09. The van der Waals surface area contributed by atoms with Crippen LogP contribution < -0.4 is 4.74 Å². The molecule has 0 spiro atoms. The molecule has 1 aromatic rings. The van der Waals surface area contributed by atoms with Gasteiger partial charge in [0, 0.05) is 0 Å². The minimum atomic E-state index is -0.832. The molecule has 0 radical (unpaired) electrons. The van der Waals surface area contributed by atoms with Crippen LogP contribution in [0.15, 0.2) is 12.1 Å². The van der Waals surface area contributed by atoms with E-state index in [1.54, 1.807) is 12.1 Å². The van der Waals surface area contributed by atoms with Crippen LogP contribution in [0.25, 0.3) is 0 Å². The molecule has 3 fully saturated rings. The van der Waals surface area contributed by atoms with E-state index < -0.39 is 11.6 Å². The fourth-order valence-electron chi connectivity index (χ4n) is 6.51. The molecular formula is C24H34F2O. The van der Waals surface area contributed by atoms with Gasteiger partial charge in [-0.15, -0.1) is 0 Å². The fourth-order valence-corrected chi connectivity index (χ4v) is 6.51. The quantitative estimate of drug-likeness (QED) is 0.546. The molecule has 4 rings (SSSR count). The second-order valence-electron chi connectivity index (χ2n) is 9.61. The molecule has 27 heavy (non-hydrogen) atoms. The summed E-state index contributed by atoms with van der Waals surface area (Å²) in [5.74, 6) is 3.18. The van der Waals surface area contributed by atoms with Crippen LogP contribution in [0.1, 0.15) is 82.6 Å². The molecule has 0 heterocycles. The number of methoxy groups -OCH3 is 1. The Kier molecular flexibility index (Phi) is 5.75. The van der Waals surface area contributed by atoms with Crippen LogP contribution >= 0.6 is 0 Å². The second kappa shape index (κ2) is 8.09. The molecule has 0 aliphatic heterocycles. The van der Waals surface area contributed by atoms with E-state index in [2.05, 4.69) is 6.92 Å². The maximum Gasteiger partial charge on any atom is 0.200 e. The molecule has 0 amide bonds. The summed E-state index contributed by atoms with van der Waals surface area (Å²) in [7, 11) is 1.38. The predicted octanol–water partition coefficient (Wildman–Crippen LogP) is 7.10. The van der Waals surface area contributed by atoms with Crippen LogP contribution in [0.4, 0.5) is 8.78 Å². The lowest BCUT2D eigenvalue weighted by molar-refractivity contribution is 0.0671. The van der Waals surface area contributed by atoms with Crippen molar-refractivity contribution in [2.45, 2.75) is 77.0 Å². The highest BCUT2D eigenvalue weighted by Crippen LogP contribution is 2.50. The molecule has 1 nitrogen and oxygen atoms in total. The Hall–Kier alpha value is -1.12. The Balaban J connectivity index is 1.35. The van der Waals surface area contributed by atoms with E-state index in [1.165, 1.54) is 58.5 Å². The summed E-state index contributed by atoms with van der Waals surface area (Å²) in [5, 5.41) is 0. The maximum atomic E-state index is 14.4. The summed E-state index contributed by atoms with van der Waals surface area (Å²) in [6, 6.07) is 3.31. The van der Waals surface area contributed by atoms with Gasteiger partial charge in [-0.25, -0.2) is 4.39 Å². The largest absolute Gasteiger partial charge is 0.494 e. The van der Waals surface area contributed by atoms with Gasteiger partial charge in [0.1, 0.15) is 0 Å². The summed E-state index contributed by atoms with van der Waals surface area (Å²) in [6.07, 6.45) is 12.9. The van der Waals surface area contributed by atoms with Crippen molar-refractivity contribution in [3.63, 3.8) is 0 Å². The zero-order chi connectivity index (χ0) is 19.0. The summed E-state index contributed by atoms with van der Waals surface area (Å²) in [4.78, 5) is 0. The number of benzene rings is 1. The smallest absolute Gasteiger partial charge is 0.200 e. The summed E-state index contributed by atoms with van der Waals surface area (Å²) >= 11 is 0. The zero-order valence-corrected chi connectivity index (χ0v) is 16.9. The average molecular weight is 377 g/mol. The predicted molar refractivity (Wildman–Crippen MR) is 105 cm³/mol. The molecule has 0 bridgehead atoms. The monoisotopic (exact) mass is 376 g/mol. The Morgan fingerprint density at radius 3 is 2.04 bits per heavy atom. The molecule has 3 aliphatic rings. The van der Waals surface area contributed by atoms with Crippen LogP contribution in [0.3, 0.4) is 0 Å². The molecule has 3 aliphatic carbocycles. The third kappa shape index (κ3) is 3.89. The molecule has 1 aromatic carbocycles. The van der Waals surface area contributed by atoms with Crippen molar-refractivity contribution in [1.29, 1.82) is 0 Å². The first-order chi connectivity index (χ1) is 13.1. The van der Waals surface area contributed by atoms with Gasteiger partial charge >= 0.3 is 0 Å². The minimum Gasteiger partial charge on any atom is -0.494 e. The van der Waals surface area contributed by atoms with Gasteiger partial charge in [-0.3, -0.25) is 0 Å². The molecule has 0 N–H and O–H groups in total. The lowest BCUT2D eigenvalue weighted by Gasteiger charge is -2.45. The van der Waals surface area contributed by atoms with Gasteiger partial charge in [0.15, 0.2) is 11.6 Å². The highest BCUT2D eigenvalue weighted by Gasteiger charge is 2.38. The Bertz CT molecular complexity index is 650. The van der Waals surface area contributed by atoms with Crippen molar-refractivity contribution in [1.82, 2.24) is 0 Å². The number of fused-ring (bicyclic) bond motifs is 1. The van der Waals surface area contributed by atoms with E-state index in [9.17, 15) is 8.78 Å². The van der Waals surface area contributed by atoms with Gasteiger partial charge in [0.05, 0.1) is 7.11 Å². The molecule has 3 heteroatoms. The number of hydrogen-bond acceptors (Lipinski definition) is 1. The first-order valence-electron chi connectivity index (χ1n) is 11.1. The van der Waals surface area contributed by atoms with E-state index in [0.29, 0.717) is 5.56 Å². The zero-order valence-electron chi connectivity index (χ0n) is 16.9. The number of hydrogen-bond donors (Lipinski definition) is 0. The number of halogens is 2. The average Bonchev–Trinajstić information content (AvgIpc) is 2.70. The maximum absolute atomic E-state index is 14.4. The van der Waals surface area contributed by atoms with Crippen molar-refractivity contribution in [3.05, 3.63) is 29.3 Å². The lowest BCUT2D eigenvalue weighted by atomic mass is 9.61. The Morgan fingerprint density at radius 2 is 1.33 bits per heavy atom. The van der Waals surface area contributed by atoms with Crippen molar-refractivity contribution in [2.75, 3.05) is 7.11 Å². The third-order valence-corrected chi connectivity index (χ3v) is 8.09. The topological polar surface area (TPSA) is 9.23 Å². The fraction of sp³-hybridized carbons (Fsp3) is 0.750. The highest BCUT2D eigenvalue weighted by molar-refractivity contribution is 5.33. The summed E-state index contributed by atoms with van der Waals surface area (Å²) in [5.41, 5.74) is 0.553. The van der Waals surface area contributed by atoms with E-state index >= 15 is 0 Å². The highest BCUT2D eigenvalue weighted by atomic mass is 19.2. The van der Waals surface area contributed by atoms with Crippen molar-refractivity contribution in [3.8, 4) is 5.75 Å². The van der Waals surface area contributed by atoms with Crippen LogP contribution in [-0.2, 0) is 0 Å². The summed E-state index contributed by atoms with van der Waals surface area (Å²) in [6.45, 7) is 2.42. The van der Waals surface area contributed by atoms with Gasteiger partial charge in [-0.05, 0) is 105 Å². The van der Waals surface area contributed by atoms with Gasteiger partial charge in [-0.1, -0.05) is 19.4 Å². The first-order valence-corrected chi connectivity index (χ1v) is 11.1. The van der Waals surface area contributed by atoms with Gasteiger partial charge in [-0.2, -0.15) is 4.39 Å². The van der Waals surface area contributed by atoms with Crippen molar-refractivity contribution < 1.29 is 13.5 Å². The molecular weight excluding hydrogens is 342 g/mol. The van der Waals surface area contributed by atoms with E-state index in [-0.39, 0.29) is 11.7 Å². The SMILES string of the molecule is COc1ccc(C2CCC(C3CCC4CC(C)CCC4C3)CC2)c(F)c1F. The standard InChI is InChI=1S/C24H34F2O/c1-15-3-4-20-14-19(10-9-18(20)13-15)16-5-7-17(8-6-16)21-11-12-22(27-2)24(26)23(21)25/h11-12,15-20H,3-10,13-14H2,1-2H3. The second-order valence-corrected chi connectivity index (χ2v) is 9.61. The van der Waals surface area contributed by atoms with E-state index in [4.69, 9.17) is 4.74 Å². The normalized spacial score (nSPS) is 36.9. The minimum absolute atomic E-state index is 0.00324. The van der Waals surface area contributed by atoms with Crippen LogP contribution in [0.2, 0.25) is 0 Å². The Labute approximate surface area is 162 Å². The van der Waals surface area contributed by atoms with Crippen molar-refractivity contribution >= 4 is 0 Å². The van der Waals surface area contributed by atoms with Crippen LogP contribution in [-0.4, -0.2) is 7.11 Å². The van der Waals surface area contributed by atoms with Crippen LogP contribution in [0, 0.1) is 41.2 Å². The van der Waals surface area contributed by atoms with Crippen molar-refractivity contribution in [2.24, 2.45) is 29.6 Å². The molecule has 0 saturated heterocycles. The first kappa shape index (κ1) is 19.2. The Morgan fingerprint density at radius 1 is 0.741 bits per heavy atom. The van der Waals surface area contributed by atoms with Gasteiger partial charge in [0.25, 0.3) is 0 Å². The number of rotatable bonds is 3. The van der Waals surface area contributed by atoms with Gasteiger partial charge in [0.2, 0.25) is 5.82 Å². The van der Waals surface area contributed by atoms with Gasteiger partial charge < -0.3 is 4.74 Å². The molecule has 150 valence electrons. The number of ether oxygens (including phenoxy) is 1. The molecule has 4 unspecified atom stereocenters. The molecule has 0 aromatic heterocycles. The van der Waals surface area contributed by atoms with Crippen LogP contribution in [0.5, 0.6) is 5.75 Å². The van der Waals surface area contributed by atoms with E-state index in [1.807, 2.05) is 0 Å². The lowest BCUT2D eigenvalue weighted by Crippen LogP contribution is -2.34. The molecule has 3 saturated carbocycles.